The van der Waals surface area contributed by atoms with Gasteiger partial charge in [-0.2, -0.15) is 0 Å². The highest BCUT2D eigenvalue weighted by molar-refractivity contribution is 5.97. The Bertz CT molecular complexity index is 458. The molecule has 1 aromatic rings. The fraction of sp³-hybridized carbons (Fsp3) is 0.0769. The van der Waals surface area contributed by atoms with Gasteiger partial charge in [-0.15, -0.1) is 0 Å². The lowest BCUT2D eigenvalue weighted by Crippen LogP contribution is -2.00. The normalized spacial score (nSPS) is 11.5. The smallest absolute Gasteiger partial charge is 0.335 e. The fourth-order valence-corrected chi connectivity index (χ4v) is 1.14. The molecule has 4 heteroatoms. The van der Waals surface area contributed by atoms with Crippen LogP contribution in [-0.2, 0) is 14.3 Å². The van der Waals surface area contributed by atoms with Crippen LogP contribution in [0.15, 0.2) is 48.1 Å². The van der Waals surface area contributed by atoms with Crippen molar-refractivity contribution < 1.29 is 19.4 Å². The van der Waals surface area contributed by atoms with Crippen molar-refractivity contribution in [1.29, 1.82) is 0 Å². The van der Waals surface area contributed by atoms with Gasteiger partial charge in [0.15, 0.2) is 0 Å². The van der Waals surface area contributed by atoms with E-state index in [9.17, 15) is 9.59 Å². The van der Waals surface area contributed by atoms with Gasteiger partial charge in [0.1, 0.15) is 0 Å². The monoisotopic (exact) mass is 232 g/mol. The van der Waals surface area contributed by atoms with Crippen LogP contribution in [-0.4, -0.2) is 24.2 Å². The van der Waals surface area contributed by atoms with Crippen LogP contribution in [0.4, 0.5) is 0 Å². The number of hydrogen-bond acceptors (Lipinski definition) is 3. The topological polar surface area (TPSA) is 63.6 Å². The van der Waals surface area contributed by atoms with E-state index in [0.29, 0.717) is 0 Å². The Morgan fingerprint density at radius 3 is 2.35 bits per heavy atom. The van der Waals surface area contributed by atoms with Crippen LogP contribution in [0.5, 0.6) is 0 Å². The number of esters is 1. The maximum Gasteiger partial charge on any atom is 0.335 e. The second-order valence-corrected chi connectivity index (χ2v) is 3.17. The zero-order valence-electron chi connectivity index (χ0n) is 9.29. The Balaban J connectivity index is 2.95. The molecule has 0 radical (unpaired) electrons. The number of benzene rings is 1. The summed E-state index contributed by atoms with van der Waals surface area (Å²) in [7, 11) is 1.23. The number of hydrogen-bond donors (Lipinski definition) is 1. The molecular weight excluding hydrogens is 220 g/mol. The highest BCUT2D eigenvalue weighted by atomic mass is 16.5. The molecule has 0 amide bonds. The van der Waals surface area contributed by atoms with E-state index < -0.39 is 11.9 Å². The lowest BCUT2D eigenvalue weighted by molar-refractivity contribution is -0.134. The zero-order valence-corrected chi connectivity index (χ0v) is 9.29. The molecule has 0 heterocycles. The standard InChI is InChI=1S/C13H12O4/c1-17-12(14)8-7-11(13(15)16)9-10-5-3-2-4-6-10/h2-9H,1H3,(H,15,16). The van der Waals surface area contributed by atoms with Gasteiger partial charge in [0.2, 0.25) is 0 Å². The van der Waals surface area contributed by atoms with E-state index in [0.717, 1.165) is 11.6 Å². The molecule has 0 aliphatic heterocycles. The van der Waals surface area contributed by atoms with Crippen LogP contribution < -0.4 is 0 Å². The molecule has 0 spiro atoms. The predicted octanol–water partition coefficient (Wildman–Crippen LogP) is 1.88. The number of aliphatic carboxylic acids is 1. The maximum absolute atomic E-state index is 10.9. The van der Waals surface area contributed by atoms with Crippen LogP contribution >= 0.6 is 0 Å². The molecule has 17 heavy (non-hydrogen) atoms. The third-order valence-electron chi connectivity index (χ3n) is 1.97. The first-order valence-corrected chi connectivity index (χ1v) is 4.89. The molecule has 0 aliphatic rings. The van der Waals surface area contributed by atoms with Gasteiger partial charge in [0.05, 0.1) is 12.7 Å². The largest absolute Gasteiger partial charge is 0.478 e. The first-order chi connectivity index (χ1) is 8.13. The lowest BCUT2D eigenvalue weighted by atomic mass is 10.1. The summed E-state index contributed by atoms with van der Waals surface area (Å²) in [6.45, 7) is 0. The van der Waals surface area contributed by atoms with Gasteiger partial charge >= 0.3 is 11.9 Å². The number of carboxylic acid groups (broad SMARTS) is 1. The molecule has 1 rings (SSSR count). The summed E-state index contributed by atoms with van der Waals surface area (Å²) < 4.78 is 4.38. The van der Waals surface area contributed by atoms with Crippen molar-refractivity contribution in [2.75, 3.05) is 7.11 Å². The average Bonchev–Trinajstić information content (AvgIpc) is 2.34. The lowest BCUT2D eigenvalue weighted by Gasteiger charge is -1.96. The van der Waals surface area contributed by atoms with Gasteiger partial charge in [0, 0.05) is 6.08 Å². The summed E-state index contributed by atoms with van der Waals surface area (Å²) in [6.07, 6.45) is 3.76. The van der Waals surface area contributed by atoms with Crippen LogP contribution in [0.25, 0.3) is 6.08 Å². The fourth-order valence-electron chi connectivity index (χ4n) is 1.14. The number of rotatable bonds is 4. The first kappa shape index (κ1) is 12.7. The molecule has 1 aromatic carbocycles. The van der Waals surface area contributed by atoms with E-state index in [2.05, 4.69) is 4.74 Å². The quantitative estimate of drug-likeness (QED) is 0.489. The van der Waals surface area contributed by atoms with Gasteiger partial charge in [-0.3, -0.25) is 0 Å². The van der Waals surface area contributed by atoms with Crippen molar-refractivity contribution in [2.24, 2.45) is 0 Å². The molecule has 0 bridgehead atoms. The van der Waals surface area contributed by atoms with Crippen LogP contribution in [0.2, 0.25) is 0 Å². The van der Waals surface area contributed by atoms with Gasteiger partial charge in [-0.25, -0.2) is 9.59 Å². The summed E-state index contributed by atoms with van der Waals surface area (Å²) in [5.41, 5.74) is 0.765. The third kappa shape index (κ3) is 4.34. The van der Waals surface area contributed by atoms with Crippen molar-refractivity contribution in [2.45, 2.75) is 0 Å². The van der Waals surface area contributed by atoms with Crippen molar-refractivity contribution in [3.05, 3.63) is 53.6 Å². The van der Waals surface area contributed by atoms with E-state index in [4.69, 9.17) is 5.11 Å². The van der Waals surface area contributed by atoms with Crippen molar-refractivity contribution in [3.63, 3.8) is 0 Å². The Morgan fingerprint density at radius 2 is 1.82 bits per heavy atom. The molecule has 0 fully saturated rings. The first-order valence-electron chi connectivity index (χ1n) is 4.89. The molecule has 0 unspecified atom stereocenters. The Kier molecular flexibility index (Phi) is 4.69. The van der Waals surface area contributed by atoms with E-state index in [-0.39, 0.29) is 5.57 Å². The second kappa shape index (κ2) is 6.27. The molecule has 1 N–H and O–H groups in total. The minimum absolute atomic E-state index is 0.0154. The van der Waals surface area contributed by atoms with Gasteiger partial charge < -0.3 is 9.84 Å². The highest BCUT2D eigenvalue weighted by Gasteiger charge is 2.04. The van der Waals surface area contributed by atoms with Crippen LogP contribution in [0.1, 0.15) is 5.56 Å². The van der Waals surface area contributed by atoms with Crippen LogP contribution in [0.3, 0.4) is 0 Å². The van der Waals surface area contributed by atoms with Crippen LogP contribution in [0, 0.1) is 0 Å². The van der Waals surface area contributed by atoms with Crippen molar-refractivity contribution >= 4 is 18.0 Å². The molecular formula is C13H12O4. The minimum Gasteiger partial charge on any atom is -0.478 e. The molecule has 88 valence electrons. The van der Waals surface area contributed by atoms with E-state index in [1.54, 1.807) is 24.3 Å². The molecule has 0 saturated carbocycles. The number of methoxy groups -OCH3 is 1. The number of carbonyl (C=O) groups is 2. The van der Waals surface area contributed by atoms with Crippen molar-refractivity contribution in [1.82, 2.24) is 0 Å². The van der Waals surface area contributed by atoms with Gasteiger partial charge in [-0.1, -0.05) is 30.3 Å². The number of carboxylic acids is 1. The van der Waals surface area contributed by atoms with Crippen molar-refractivity contribution in [3.8, 4) is 0 Å². The van der Waals surface area contributed by atoms with E-state index >= 15 is 0 Å². The third-order valence-corrected chi connectivity index (χ3v) is 1.97. The predicted molar refractivity (Wildman–Crippen MR) is 63.2 cm³/mol. The number of ether oxygens (including phenoxy) is 1. The SMILES string of the molecule is COC(=O)C=CC(=Cc1ccccc1)C(=O)O. The molecule has 0 atom stereocenters. The Morgan fingerprint density at radius 1 is 1.18 bits per heavy atom. The van der Waals surface area contributed by atoms with E-state index in [1.165, 1.54) is 19.3 Å². The average molecular weight is 232 g/mol. The summed E-state index contributed by atoms with van der Waals surface area (Å²) in [5, 5.41) is 8.95. The summed E-state index contributed by atoms with van der Waals surface area (Å²) >= 11 is 0. The minimum atomic E-state index is -1.10. The zero-order chi connectivity index (χ0) is 12.7. The van der Waals surface area contributed by atoms with E-state index in [1.807, 2.05) is 6.07 Å². The number of carbonyl (C=O) groups excluding carboxylic acids is 1. The van der Waals surface area contributed by atoms with Gasteiger partial charge in [0.25, 0.3) is 0 Å². The molecule has 0 aliphatic carbocycles. The summed E-state index contributed by atoms with van der Waals surface area (Å²) in [5.74, 6) is -1.70. The molecule has 0 aromatic heterocycles. The Hall–Kier alpha value is -2.36. The van der Waals surface area contributed by atoms with Gasteiger partial charge in [-0.05, 0) is 17.7 Å². The molecule has 4 nitrogen and oxygen atoms in total. The summed E-state index contributed by atoms with van der Waals surface area (Å²) in [6, 6.07) is 8.98. The maximum atomic E-state index is 10.9. The summed E-state index contributed by atoms with van der Waals surface area (Å²) in [4.78, 5) is 21.8. The second-order valence-electron chi connectivity index (χ2n) is 3.17. The highest BCUT2D eigenvalue weighted by Crippen LogP contribution is 2.08. The molecule has 0 saturated heterocycles. The Labute approximate surface area is 98.8 Å².